The second-order valence-electron chi connectivity index (χ2n) is 6.39. The zero-order chi connectivity index (χ0) is 16.3. The molecule has 1 aromatic rings. The van der Waals surface area contributed by atoms with Crippen LogP contribution < -0.4 is 0 Å². The molecule has 3 rings (SSSR count). The van der Waals surface area contributed by atoms with Crippen molar-refractivity contribution in [3.63, 3.8) is 0 Å². The predicted octanol–water partition coefficient (Wildman–Crippen LogP) is 2.08. The number of hydrogen-bond donors (Lipinski definition) is 0. The first-order chi connectivity index (χ1) is 11.1. The lowest BCUT2D eigenvalue weighted by molar-refractivity contribution is 0.278. The summed E-state index contributed by atoms with van der Waals surface area (Å²) >= 11 is 0. The summed E-state index contributed by atoms with van der Waals surface area (Å²) in [5.74, 6) is 0.758. The molecule has 0 spiro atoms. The third kappa shape index (κ3) is 3.63. The molecule has 0 N–H and O–H groups in total. The monoisotopic (exact) mass is 341 g/mol. The van der Waals surface area contributed by atoms with Gasteiger partial charge in [-0.2, -0.15) is 17.0 Å². The van der Waals surface area contributed by atoms with Crippen molar-refractivity contribution in [1.29, 1.82) is 0 Å². The molecule has 1 unspecified atom stereocenters. The number of nitrogens with zero attached hydrogens (tertiary/aromatic N) is 3. The third-order valence-electron chi connectivity index (χ3n) is 4.79. The van der Waals surface area contributed by atoms with E-state index in [1.807, 2.05) is 12.1 Å². The highest BCUT2D eigenvalue weighted by atomic mass is 32.2. The van der Waals surface area contributed by atoms with E-state index in [-0.39, 0.29) is 6.04 Å². The van der Waals surface area contributed by atoms with Crippen molar-refractivity contribution in [1.82, 2.24) is 13.5 Å². The van der Waals surface area contributed by atoms with Crippen molar-refractivity contribution in [2.45, 2.75) is 38.6 Å². The highest BCUT2D eigenvalue weighted by molar-refractivity contribution is 7.86. The molecule has 0 aliphatic carbocycles. The molecule has 0 radical (unpaired) electrons. The molecule has 3 heterocycles. The van der Waals surface area contributed by atoms with Crippen molar-refractivity contribution in [2.24, 2.45) is 0 Å². The fraction of sp³-hybridized carbons (Fsp3) is 0.750. The maximum atomic E-state index is 13.1. The van der Waals surface area contributed by atoms with E-state index in [1.165, 1.54) is 0 Å². The van der Waals surface area contributed by atoms with Crippen molar-refractivity contribution in [3.8, 4) is 0 Å². The van der Waals surface area contributed by atoms with Gasteiger partial charge in [0, 0.05) is 26.2 Å². The van der Waals surface area contributed by atoms with E-state index in [0.717, 1.165) is 51.1 Å². The van der Waals surface area contributed by atoms with Crippen molar-refractivity contribution in [3.05, 3.63) is 24.2 Å². The largest absolute Gasteiger partial charge is 0.468 e. The van der Waals surface area contributed by atoms with E-state index in [9.17, 15) is 8.42 Å². The standard InChI is InChI=1S/C16H27N3O3S/c1-2-8-17-9-5-10-18(13-12-17)23(20,21)19-11-3-6-15(19)16-7-4-14-22-16/h4,7,14-15H,2-3,5-6,8-13H2,1H3. The van der Waals surface area contributed by atoms with Crippen LogP contribution in [0.1, 0.15) is 44.4 Å². The molecule has 2 aliphatic rings. The van der Waals surface area contributed by atoms with Gasteiger partial charge >= 0.3 is 0 Å². The molecule has 0 saturated carbocycles. The van der Waals surface area contributed by atoms with Gasteiger partial charge in [0.25, 0.3) is 10.2 Å². The van der Waals surface area contributed by atoms with Gasteiger partial charge in [0.1, 0.15) is 5.76 Å². The molecule has 130 valence electrons. The number of hydrogen-bond acceptors (Lipinski definition) is 4. The lowest BCUT2D eigenvalue weighted by Gasteiger charge is -2.29. The van der Waals surface area contributed by atoms with Gasteiger partial charge < -0.3 is 9.32 Å². The van der Waals surface area contributed by atoms with Gasteiger partial charge in [0.2, 0.25) is 0 Å². The molecule has 23 heavy (non-hydrogen) atoms. The molecular formula is C16H27N3O3S. The molecule has 2 aliphatic heterocycles. The van der Waals surface area contributed by atoms with Crippen LogP contribution in [0.15, 0.2) is 22.8 Å². The van der Waals surface area contributed by atoms with E-state index in [2.05, 4.69) is 11.8 Å². The van der Waals surface area contributed by atoms with Gasteiger partial charge in [0.15, 0.2) is 0 Å². The molecule has 6 nitrogen and oxygen atoms in total. The molecule has 0 amide bonds. The van der Waals surface area contributed by atoms with E-state index in [1.54, 1.807) is 14.9 Å². The Labute approximate surface area is 139 Å². The van der Waals surface area contributed by atoms with Crippen LogP contribution in [-0.2, 0) is 10.2 Å². The third-order valence-corrected chi connectivity index (χ3v) is 6.83. The summed E-state index contributed by atoms with van der Waals surface area (Å²) in [6.07, 6.45) is 5.36. The Morgan fingerprint density at radius 3 is 2.78 bits per heavy atom. The fourth-order valence-electron chi connectivity index (χ4n) is 3.65. The number of furan rings is 1. The summed E-state index contributed by atoms with van der Waals surface area (Å²) in [7, 11) is -3.42. The SMILES string of the molecule is CCCN1CCCN(S(=O)(=O)N2CCCC2c2ccco2)CC1. The first-order valence-corrected chi connectivity index (χ1v) is 10.1. The molecule has 2 fully saturated rings. The molecule has 7 heteroatoms. The Balaban J connectivity index is 1.73. The van der Waals surface area contributed by atoms with Crippen molar-refractivity contribution >= 4 is 10.2 Å². The van der Waals surface area contributed by atoms with Crippen molar-refractivity contribution in [2.75, 3.05) is 39.3 Å². The Morgan fingerprint density at radius 2 is 2.04 bits per heavy atom. The summed E-state index contributed by atoms with van der Waals surface area (Å²) in [6, 6.07) is 3.56. The molecule has 1 atom stereocenters. The Hall–Kier alpha value is -0.890. The lowest BCUT2D eigenvalue weighted by atomic mass is 10.2. The van der Waals surface area contributed by atoms with E-state index < -0.39 is 10.2 Å². The number of rotatable bonds is 5. The van der Waals surface area contributed by atoms with Crippen LogP contribution in [0.3, 0.4) is 0 Å². The first-order valence-electron chi connectivity index (χ1n) is 8.65. The molecule has 1 aromatic heterocycles. The Morgan fingerprint density at radius 1 is 1.17 bits per heavy atom. The van der Waals surface area contributed by atoms with E-state index in [0.29, 0.717) is 19.6 Å². The van der Waals surface area contributed by atoms with Gasteiger partial charge in [-0.1, -0.05) is 6.92 Å². The van der Waals surface area contributed by atoms with Crippen LogP contribution in [0.2, 0.25) is 0 Å². The zero-order valence-corrected chi connectivity index (χ0v) is 14.7. The Kier molecular flexibility index (Phi) is 5.41. The van der Waals surface area contributed by atoms with Gasteiger partial charge in [-0.15, -0.1) is 0 Å². The van der Waals surface area contributed by atoms with E-state index >= 15 is 0 Å². The molecule has 0 bridgehead atoms. The Bertz CT molecular complexity index is 588. The maximum absolute atomic E-state index is 13.1. The van der Waals surface area contributed by atoms with Crippen LogP contribution in [0.25, 0.3) is 0 Å². The average Bonchev–Trinajstić information content (AvgIpc) is 3.16. The smallest absolute Gasteiger partial charge is 0.282 e. The summed E-state index contributed by atoms with van der Waals surface area (Å²) in [5, 5.41) is 0. The quantitative estimate of drug-likeness (QED) is 0.823. The van der Waals surface area contributed by atoms with Gasteiger partial charge in [0.05, 0.1) is 12.3 Å². The molecule has 2 saturated heterocycles. The van der Waals surface area contributed by atoms with Gasteiger partial charge in [-0.05, 0) is 50.9 Å². The summed E-state index contributed by atoms with van der Waals surface area (Å²) in [5.41, 5.74) is 0. The summed E-state index contributed by atoms with van der Waals surface area (Å²) in [4.78, 5) is 2.36. The second-order valence-corrected chi connectivity index (χ2v) is 8.27. The maximum Gasteiger partial charge on any atom is 0.282 e. The van der Waals surface area contributed by atoms with Gasteiger partial charge in [-0.25, -0.2) is 0 Å². The topological polar surface area (TPSA) is 57.0 Å². The van der Waals surface area contributed by atoms with Crippen LogP contribution in [0.4, 0.5) is 0 Å². The predicted molar refractivity (Wildman–Crippen MR) is 89.2 cm³/mol. The van der Waals surface area contributed by atoms with Crippen LogP contribution >= 0.6 is 0 Å². The molecular weight excluding hydrogens is 314 g/mol. The zero-order valence-electron chi connectivity index (χ0n) is 13.9. The first kappa shape index (κ1) is 17.0. The second kappa shape index (κ2) is 7.34. The minimum absolute atomic E-state index is 0.148. The lowest BCUT2D eigenvalue weighted by Crippen LogP contribution is -2.45. The summed E-state index contributed by atoms with van der Waals surface area (Å²) < 4.78 is 35.0. The fourth-order valence-corrected chi connectivity index (χ4v) is 5.51. The highest BCUT2D eigenvalue weighted by Gasteiger charge is 2.40. The van der Waals surface area contributed by atoms with Gasteiger partial charge in [-0.3, -0.25) is 0 Å². The van der Waals surface area contributed by atoms with Crippen LogP contribution in [0.5, 0.6) is 0 Å². The van der Waals surface area contributed by atoms with Crippen LogP contribution in [-0.4, -0.2) is 61.2 Å². The van der Waals surface area contributed by atoms with Crippen LogP contribution in [0, 0.1) is 0 Å². The normalized spacial score (nSPS) is 25.7. The minimum Gasteiger partial charge on any atom is -0.468 e. The highest BCUT2D eigenvalue weighted by Crippen LogP contribution is 2.35. The average molecular weight is 341 g/mol. The molecule has 0 aromatic carbocycles. The minimum atomic E-state index is -3.42. The summed E-state index contributed by atoms with van der Waals surface area (Å²) in [6.45, 7) is 6.81. The van der Waals surface area contributed by atoms with Crippen molar-refractivity contribution < 1.29 is 12.8 Å². The van der Waals surface area contributed by atoms with E-state index in [4.69, 9.17) is 4.42 Å².